The minimum absolute atomic E-state index is 0.119. The minimum Gasteiger partial charge on any atom is -0.494 e. The van der Waals surface area contributed by atoms with Crippen LogP contribution in [0.5, 0.6) is 5.75 Å². The molecule has 0 saturated heterocycles. The molecule has 0 bridgehead atoms. The number of rotatable bonds is 4. The Labute approximate surface area is 130 Å². The zero-order valence-corrected chi connectivity index (χ0v) is 12.2. The normalized spacial score (nSPS) is 10.3. The minimum atomic E-state index is -1.06. The van der Waals surface area contributed by atoms with Crippen molar-refractivity contribution in [2.45, 2.75) is 0 Å². The van der Waals surface area contributed by atoms with E-state index in [1.54, 1.807) is 0 Å². The molecule has 2 rings (SSSR count). The Morgan fingerprint density at radius 3 is 2.52 bits per heavy atom. The summed E-state index contributed by atoms with van der Waals surface area (Å²) in [7, 11) is 2.61. The highest BCUT2D eigenvalue weighted by Gasteiger charge is 2.23. The molecule has 8 heteroatoms. The zero-order valence-electron chi connectivity index (χ0n) is 12.2. The number of benzene rings is 2. The van der Waals surface area contributed by atoms with Gasteiger partial charge in [0.15, 0.2) is 5.82 Å². The van der Waals surface area contributed by atoms with Crippen molar-refractivity contribution in [3.8, 4) is 5.75 Å². The van der Waals surface area contributed by atoms with E-state index in [0.717, 1.165) is 29.2 Å². The number of methoxy groups -OCH3 is 1. The summed E-state index contributed by atoms with van der Waals surface area (Å²) in [6, 6.07) is 6.75. The molecule has 0 saturated carbocycles. The van der Waals surface area contributed by atoms with Crippen molar-refractivity contribution in [2.75, 3.05) is 19.1 Å². The zero-order chi connectivity index (χ0) is 17.1. The van der Waals surface area contributed by atoms with Gasteiger partial charge < -0.3 is 9.64 Å². The standard InChI is InChI=1S/C15H12F2N2O4/c1-18(14-11(17)4-3-5-13(14)23-2)15(20)9-6-7-10(16)12(8-9)19(21)22/h3-8H,1-2H3. The number of nitrogens with zero attached hydrogens (tertiary/aromatic N) is 2. The Hall–Kier alpha value is -3.03. The predicted octanol–water partition coefficient (Wildman–Crippen LogP) is 3.16. The average molecular weight is 322 g/mol. The lowest BCUT2D eigenvalue weighted by Crippen LogP contribution is -2.27. The second-order valence-corrected chi connectivity index (χ2v) is 4.58. The second-order valence-electron chi connectivity index (χ2n) is 4.58. The van der Waals surface area contributed by atoms with Gasteiger partial charge in [-0.1, -0.05) is 6.07 Å². The molecule has 1 amide bonds. The van der Waals surface area contributed by atoms with E-state index in [1.807, 2.05) is 0 Å². The first kappa shape index (κ1) is 16.3. The van der Waals surface area contributed by atoms with Crippen LogP contribution in [0.4, 0.5) is 20.2 Å². The molecule has 0 radical (unpaired) electrons. The summed E-state index contributed by atoms with van der Waals surface area (Å²) in [5, 5.41) is 10.8. The molecule has 0 unspecified atom stereocenters. The van der Waals surface area contributed by atoms with E-state index in [1.165, 1.54) is 26.3 Å². The van der Waals surface area contributed by atoms with Crippen LogP contribution in [0, 0.1) is 21.7 Å². The summed E-state index contributed by atoms with van der Waals surface area (Å²) >= 11 is 0. The summed E-state index contributed by atoms with van der Waals surface area (Å²) in [5.74, 6) is -2.37. The van der Waals surface area contributed by atoms with Crippen molar-refractivity contribution in [3.05, 3.63) is 63.7 Å². The molecular formula is C15H12F2N2O4. The largest absolute Gasteiger partial charge is 0.494 e. The SMILES string of the molecule is COc1cccc(F)c1N(C)C(=O)c1ccc(F)c([N+](=O)[O-])c1. The Morgan fingerprint density at radius 2 is 1.91 bits per heavy atom. The van der Waals surface area contributed by atoms with Crippen LogP contribution in [0.2, 0.25) is 0 Å². The van der Waals surface area contributed by atoms with Crippen LogP contribution in [-0.2, 0) is 0 Å². The molecule has 2 aromatic carbocycles. The van der Waals surface area contributed by atoms with Gasteiger partial charge in [-0.3, -0.25) is 14.9 Å². The van der Waals surface area contributed by atoms with E-state index < -0.39 is 28.2 Å². The maximum atomic E-state index is 14.0. The van der Waals surface area contributed by atoms with Crippen LogP contribution < -0.4 is 9.64 Å². The number of carbonyl (C=O) groups excluding carboxylic acids is 1. The second kappa shape index (κ2) is 6.39. The molecule has 120 valence electrons. The van der Waals surface area contributed by atoms with Gasteiger partial charge in [0, 0.05) is 18.7 Å². The van der Waals surface area contributed by atoms with Gasteiger partial charge in [-0.15, -0.1) is 0 Å². The smallest absolute Gasteiger partial charge is 0.305 e. The molecule has 6 nitrogen and oxygen atoms in total. The Balaban J connectivity index is 2.45. The molecule has 0 heterocycles. The monoisotopic (exact) mass is 322 g/mol. The highest BCUT2D eigenvalue weighted by molar-refractivity contribution is 6.06. The van der Waals surface area contributed by atoms with E-state index in [9.17, 15) is 23.7 Å². The first-order valence-electron chi connectivity index (χ1n) is 6.41. The summed E-state index contributed by atoms with van der Waals surface area (Å²) in [4.78, 5) is 23.2. The number of hydrogen-bond acceptors (Lipinski definition) is 4. The number of carbonyl (C=O) groups is 1. The third-order valence-electron chi connectivity index (χ3n) is 3.20. The number of nitro groups is 1. The van der Waals surface area contributed by atoms with Crippen LogP contribution in [0.15, 0.2) is 36.4 Å². The van der Waals surface area contributed by atoms with Crippen LogP contribution >= 0.6 is 0 Å². The highest BCUT2D eigenvalue weighted by Crippen LogP contribution is 2.31. The summed E-state index contributed by atoms with van der Waals surface area (Å²) in [6.45, 7) is 0. The molecule has 0 aliphatic heterocycles. The number of hydrogen-bond donors (Lipinski definition) is 0. The van der Waals surface area contributed by atoms with Crippen LogP contribution in [0.25, 0.3) is 0 Å². The molecule has 23 heavy (non-hydrogen) atoms. The van der Waals surface area contributed by atoms with Crippen LogP contribution in [0.1, 0.15) is 10.4 Å². The lowest BCUT2D eigenvalue weighted by molar-refractivity contribution is -0.387. The molecule has 0 aliphatic rings. The van der Waals surface area contributed by atoms with E-state index >= 15 is 0 Å². The van der Waals surface area contributed by atoms with Gasteiger partial charge in [0.2, 0.25) is 5.82 Å². The Morgan fingerprint density at radius 1 is 1.22 bits per heavy atom. The predicted molar refractivity (Wildman–Crippen MR) is 78.7 cm³/mol. The summed E-state index contributed by atoms with van der Waals surface area (Å²) < 4.78 is 32.3. The van der Waals surface area contributed by atoms with Gasteiger partial charge in [-0.05, 0) is 24.3 Å². The highest BCUT2D eigenvalue weighted by atomic mass is 19.1. The fourth-order valence-corrected chi connectivity index (χ4v) is 2.07. The molecule has 0 N–H and O–H groups in total. The summed E-state index contributed by atoms with van der Waals surface area (Å²) in [6.07, 6.45) is 0. The van der Waals surface area contributed by atoms with E-state index in [0.29, 0.717) is 0 Å². The Bertz CT molecular complexity index is 780. The number of anilines is 1. The lowest BCUT2D eigenvalue weighted by atomic mass is 10.1. The van der Waals surface area contributed by atoms with Crippen molar-refractivity contribution in [2.24, 2.45) is 0 Å². The molecule has 0 aliphatic carbocycles. The van der Waals surface area contributed by atoms with Crippen LogP contribution in [-0.4, -0.2) is 25.0 Å². The fraction of sp³-hybridized carbons (Fsp3) is 0.133. The van der Waals surface area contributed by atoms with Gasteiger partial charge in [-0.2, -0.15) is 4.39 Å². The third kappa shape index (κ3) is 3.10. The first-order valence-corrected chi connectivity index (χ1v) is 6.41. The lowest BCUT2D eigenvalue weighted by Gasteiger charge is -2.20. The van der Waals surface area contributed by atoms with Crippen molar-refractivity contribution in [1.82, 2.24) is 0 Å². The third-order valence-corrected chi connectivity index (χ3v) is 3.20. The number of nitro benzene ring substituents is 1. The average Bonchev–Trinajstić information content (AvgIpc) is 2.53. The van der Waals surface area contributed by atoms with Gasteiger partial charge in [0.1, 0.15) is 11.4 Å². The number of amides is 1. The van der Waals surface area contributed by atoms with Gasteiger partial charge in [0.25, 0.3) is 5.91 Å². The maximum absolute atomic E-state index is 14.0. The van der Waals surface area contributed by atoms with Gasteiger partial charge in [0.05, 0.1) is 12.0 Å². The van der Waals surface area contributed by atoms with Crippen molar-refractivity contribution >= 4 is 17.3 Å². The molecular weight excluding hydrogens is 310 g/mol. The van der Waals surface area contributed by atoms with E-state index in [4.69, 9.17) is 4.74 Å². The van der Waals surface area contributed by atoms with Crippen molar-refractivity contribution < 1.29 is 23.2 Å². The summed E-state index contributed by atoms with van der Waals surface area (Å²) in [5.41, 5.74) is -1.09. The van der Waals surface area contributed by atoms with E-state index in [2.05, 4.69) is 0 Å². The van der Waals surface area contributed by atoms with Crippen LogP contribution in [0.3, 0.4) is 0 Å². The first-order chi connectivity index (χ1) is 10.9. The Kier molecular flexibility index (Phi) is 4.54. The number of ether oxygens (including phenoxy) is 1. The van der Waals surface area contributed by atoms with Crippen molar-refractivity contribution in [1.29, 1.82) is 0 Å². The van der Waals surface area contributed by atoms with E-state index in [-0.39, 0.29) is 17.0 Å². The topological polar surface area (TPSA) is 72.7 Å². The molecule has 0 aromatic heterocycles. The maximum Gasteiger partial charge on any atom is 0.305 e. The quantitative estimate of drug-likeness (QED) is 0.640. The molecule has 0 fully saturated rings. The number of halogens is 2. The number of para-hydroxylation sites is 1. The fourth-order valence-electron chi connectivity index (χ4n) is 2.07. The van der Waals surface area contributed by atoms with Gasteiger partial charge in [-0.25, -0.2) is 4.39 Å². The van der Waals surface area contributed by atoms with Crippen molar-refractivity contribution in [3.63, 3.8) is 0 Å². The van der Waals surface area contributed by atoms with Gasteiger partial charge >= 0.3 is 5.69 Å². The molecule has 2 aromatic rings. The molecule has 0 spiro atoms. The molecule has 0 atom stereocenters.